The molecule has 0 saturated heterocycles. The number of furan rings is 1. The largest absolute Gasteiger partial charge is 0.484 e. The molecule has 6 heteroatoms. The van der Waals surface area contributed by atoms with Gasteiger partial charge >= 0.3 is 5.97 Å². The number of para-hydroxylation sites is 1. The number of nitrogens with zero attached hydrogens (tertiary/aromatic N) is 1. The number of carboxylic acid groups (broad SMARTS) is 1. The molecule has 6 nitrogen and oxygen atoms in total. The van der Waals surface area contributed by atoms with Crippen LogP contribution in [0.5, 0.6) is 5.75 Å². The molecule has 0 saturated carbocycles. The predicted octanol–water partition coefficient (Wildman–Crippen LogP) is 2.16. The second-order valence-electron chi connectivity index (χ2n) is 4.64. The number of carbonyl (C=O) groups excluding carboxylic acids is 1. The Morgan fingerprint density at radius 2 is 1.91 bits per heavy atom. The maximum Gasteiger partial charge on any atom is 0.305 e. The Labute approximate surface area is 127 Å². The molecule has 1 heterocycles. The number of aliphatic carboxylic acids is 1. The molecule has 0 bridgehead atoms. The van der Waals surface area contributed by atoms with E-state index in [0.29, 0.717) is 11.5 Å². The summed E-state index contributed by atoms with van der Waals surface area (Å²) in [6.45, 7) is 0.175. The number of carbonyl (C=O) groups is 2. The topological polar surface area (TPSA) is 80.0 Å². The number of amides is 1. The lowest BCUT2D eigenvalue weighted by atomic mass is 10.3. The lowest BCUT2D eigenvalue weighted by Crippen LogP contribution is -2.36. The van der Waals surface area contributed by atoms with Gasteiger partial charge in [-0.2, -0.15) is 0 Å². The molecule has 1 aromatic carbocycles. The van der Waals surface area contributed by atoms with E-state index in [1.807, 2.05) is 18.2 Å². The second kappa shape index (κ2) is 7.87. The van der Waals surface area contributed by atoms with Gasteiger partial charge in [-0.3, -0.25) is 9.59 Å². The number of ether oxygens (including phenoxy) is 1. The zero-order chi connectivity index (χ0) is 15.8. The Morgan fingerprint density at radius 1 is 1.14 bits per heavy atom. The third-order valence-corrected chi connectivity index (χ3v) is 2.98. The maximum atomic E-state index is 12.2. The fourth-order valence-electron chi connectivity index (χ4n) is 1.87. The van der Waals surface area contributed by atoms with E-state index in [9.17, 15) is 9.59 Å². The van der Waals surface area contributed by atoms with E-state index in [0.717, 1.165) is 0 Å². The summed E-state index contributed by atoms with van der Waals surface area (Å²) in [5.41, 5.74) is 0. The van der Waals surface area contributed by atoms with Gasteiger partial charge in [-0.05, 0) is 24.3 Å². The molecule has 0 radical (unpaired) electrons. The molecule has 2 rings (SSSR count). The van der Waals surface area contributed by atoms with Crippen LogP contribution in [-0.2, 0) is 16.1 Å². The van der Waals surface area contributed by atoms with Gasteiger partial charge in [-0.1, -0.05) is 18.2 Å². The van der Waals surface area contributed by atoms with E-state index in [-0.39, 0.29) is 32.0 Å². The minimum Gasteiger partial charge on any atom is -0.484 e. The molecule has 0 spiro atoms. The highest BCUT2D eigenvalue weighted by molar-refractivity contribution is 5.78. The molecule has 2 aromatic rings. The summed E-state index contributed by atoms with van der Waals surface area (Å²) in [7, 11) is 0. The van der Waals surface area contributed by atoms with E-state index in [2.05, 4.69) is 0 Å². The van der Waals surface area contributed by atoms with Crippen molar-refractivity contribution >= 4 is 11.9 Å². The van der Waals surface area contributed by atoms with Gasteiger partial charge in [0.1, 0.15) is 11.5 Å². The van der Waals surface area contributed by atoms with Crippen molar-refractivity contribution < 1.29 is 23.8 Å². The summed E-state index contributed by atoms with van der Waals surface area (Å²) in [5.74, 6) is -0.0618. The van der Waals surface area contributed by atoms with Crippen LogP contribution in [0.3, 0.4) is 0 Å². The van der Waals surface area contributed by atoms with Crippen molar-refractivity contribution in [2.75, 3.05) is 13.2 Å². The number of benzene rings is 1. The van der Waals surface area contributed by atoms with E-state index in [1.165, 1.54) is 11.2 Å². The van der Waals surface area contributed by atoms with Crippen LogP contribution in [0.25, 0.3) is 0 Å². The molecular formula is C16H17NO5. The van der Waals surface area contributed by atoms with Gasteiger partial charge in [-0.15, -0.1) is 0 Å². The number of hydrogen-bond donors (Lipinski definition) is 1. The molecule has 0 aliphatic heterocycles. The number of hydrogen-bond acceptors (Lipinski definition) is 4. The Bertz CT molecular complexity index is 594. The summed E-state index contributed by atoms with van der Waals surface area (Å²) in [6.07, 6.45) is 1.38. The van der Waals surface area contributed by atoms with Gasteiger partial charge in [0.2, 0.25) is 0 Å². The van der Waals surface area contributed by atoms with Crippen molar-refractivity contribution in [2.45, 2.75) is 13.0 Å². The summed E-state index contributed by atoms with van der Waals surface area (Å²) in [5, 5.41) is 8.79. The van der Waals surface area contributed by atoms with Gasteiger partial charge in [0.05, 0.1) is 19.2 Å². The van der Waals surface area contributed by atoms with Crippen LogP contribution in [0.2, 0.25) is 0 Å². The SMILES string of the molecule is O=C(O)CCN(Cc1ccco1)C(=O)COc1ccccc1. The van der Waals surface area contributed by atoms with Gasteiger partial charge in [0, 0.05) is 6.54 Å². The number of rotatable bonds is 8. The fraction of sp³-hybridized carbons (Fsp3) is 0.250. The first kappa shape index (κ1) is 15.6. The summed E-state index contributed by atoms with van der Waals surface area (Å²) in [4.78, 5) is 24.3. The zero-order valence-corrected chi connectivity index (χ0v) is 12.0. The molecular weight excluding hydrogens is 286 g/mol. The summed E-state index contributed by atoms with van der Waals surface area (Å²) >= 11 is 0. The molecule has 0 atom stereocenters. The number of carboxylic acids is 1. The van der Waals surface area contributed by atoms with Crippen molar-refractivity contribution in [3.05, 3.63) is 54.5 Å². The van der Waals surface area contributed by atoms with Crippen molar-refractivity contribution in [2.24, 2.45) is 0 Å². The monoisotopic (exact) mass is 303 g/mol. The van der Waals surface area contributed by atoms with Crippen molar-refractivity contribution in [1.29, 1.82) is 0 Å². The Hall–Kier alpha value is -2.76. The lowest BCUT2D eigenvalue weighted by molar-refractivity contribution is -0.139. The van der Waals surface area contributed by atoms with Gasteiger partial charge in [0.15, 0.2) is 6.61 Å². The van der Waals surface area contributed by atoms with E-state index < -0.39 is 5.97 Å². The minimum absolute atomic E-state index is 0.104. The molecule has 22 heavy (non-hydrogen) atoms. The van der Waals surface area contributed by atoms with Crippen LogP contribution in [-0.4, -0.2) is 35.0 Å². The first-order chi connectivity index (χ1) is 10.6. The molecule has 0 aliphatic carbocycles. The predicted molar refractivity (Wildman–Crippen MR) is 78.3 cm³/mol. The van der Waals surface area contributed by atoms with Crippen molar-refractivity contribution in [1.82, 2.24) is 4.90 Å². The standard InChI is InChI=1S/C16H17NO5/c18-15(12-22-13-5-2-1-3-6-13)17(9-8-16(19)20)11-14-7-4-10-21-14/h1-7,10H,8-9,11-12H2,(H,19,20). The second-order valence-corrected chi connectivity index (χ2v) is 4.64. The normalized spacial score (nSPS) is 10.2. The van der Waals surface area contributed by atoms with Crippen molar-refractivity contribution in [3.8, 4) is 5.75 Å². The van der Waals surface area contributed by atoms with Crippen LogP contribution in [0.4, 0.5) is 0 Å². The highest BCUT2D eigenvalue weighted by atomic mass is 16.5. The van der Waals surface area contributed by atoms with E-state index in [1.54, 1.807) is 24.3 Å². The zero-order valence-electron chi connectivity index (χ0n) is 12.0. The van der Waals surface area contributed by atoms with Crippen LogP contribution in [0.1, 0.15) is 12.2 Å². The first-order valence-electron chi connectivity index (χ1n) is 6.85. The molecule has 0 unspecified atom stereocenters. The van der Waals surface area contributed by atoms with Crippen LogP contribution in [0, 0.1) is 0 Å². The molecule has 0 aliphatic rings. The fourth-order valence-corrected chi connectivity index (χ4v) is 1.87. The van der Waals surface area contributed by atoms with Crippen molar-refractivity contribution in [3.63, 3.8) is 0 Å². The van der Waals surface area contributed by atoms with E-state index >= 15 is 0 Å². The minimum atomic E-state index is -0.957. The Morgan fingerprint density at radius 3 is 2.55 bits per heavy atom. The quantitative estimate of drug-likeness (QED) is 0.808. The van der Waals surface area contributed by atoms with E-state index in [4.69, 9.17) is 14.3 Å². The Kier molecular flexibility index (Phi) is 5.59. The first-order valence-corrected chi connectivity index (χ1v) is 6.85. The van der Waals surface area contributed by atoms with Gasteiger partial charge in [-0.25, -0.2) is 0 Å². The average Bonchev–Trinajstić information content (AvgIpc) is 3.03. The third-order valence-electron chi connectivity index (χ3n) is 2.98. The molecule has 0 fully saturated rings. The van der Waals surface area contributed by atoms with Crippen LogP contribution < -0.4 is 4.74 Å². The highest BCUT2D eigenvalue weighted by Gasteiger charge is 2.17. The van der Waals surface area contributed by atoms with Crippen LogP contribution in [0.15, 0.2) is 53.1 Å². The maximum absolute atomic E-state index is 12.2. The molecule has 1 N–H and O–H groups in total. The average molecular weight is 303 g/mol. The smallest absolute Gasteiger partial charge is 0.305 e. The summed E-state index contributed by atoms with van der Waals surface area (Å²) in [6, 6.07) is 12.4. The third kappa shape index (κ3) is 4.97. The molecule has 1 amide bonds. The van der Waals surface area contributed by atoms with Gasteiger partial charge < -0.3 is 19.2 Å². The highest BCUT2D eigenvalue weighted by Crippen LogP contribution is 2.10. The molecule has 116 valence electrons. The van der Waals surface area contributed by atoms with Crippen LogP contribution >= 0.6 is 0 Å². The summed E-state index contributed by atoms with van der Waals surface area (Å²) < 4.78 is 10.6. The Balaban J connectivity index is 1.93. The van der Waals surface area contributed by atoms with Gasteiger partial charge in [0.25, 0.3) is 5.91 Å². The molecule has 1 aromatic heterocycles. The lowest BCUT2D eigenvalue weighted by Gasteiger charge is -2.21.